The standard InChI is InChI=1S/C17H27NO2/c19-16(4-3-15-2-1-5-20-15)18-17-13-7-11-6-12(9-13)10-14(17)8-11/h11-15,17H,1-10H2,(H,18,19)/t11?,12?,13?,14?,15-,17?/m0/s1. The first kappa shape index (κ1) is 13.1. The van der Waals surface area contributed by atoms with E-state index in [-0.39, 0.29) is 5.91 Å². The zero-order valence-corrected chi connectivity index (χ0v) is 12.4. The van der Waals surface area contributed by atoms with Gasteiger partial charge in [0.25, 0.3) is 0 Å². The van der Waals surface area contributed by atoms with Gasteiger partial charge in [-0.25, -0.2) is 0 Å². The van der Waals surface area contributed by atoms with Gasteiger partial charge in [-0.05, 0) is 75.0 Å². The maximum absolute atomic E-state index is 12.2. The van der Waals surface area contributed by atoms with Crippen molar-refractivity contribution in [2.45, 2.75) is 69.9 Å². The third kappa shape index (κ3) is 2.49. The summed E-state index contributed by atoms with van der Waals surface area (Å²) in [5.74, 6) is 3.82. The molecule has 0 unspecified atom stereocenters. The number of carbonyl (C=O) groups is 1. The second-order valence-corrected chi connectivity index (χ2v) is 7.70. The number of ether oxygens (including phenoxy) is 1. The summed E-state index contributed by atoms with van der Waals surface area (Å²) in [6.45, 7) is 0.891. The molecular formula is C17H27NO2. The Morgan fingerprint density at radius 3 is 2.35 bits per heavy atom. The molecule has 0 radical (unpaired) electrons. The zero-order valence-electron chi connectivity index (χ0n) is 12.4. The van der Waals surface area contributed by atoms with Gasteiger partial charge in [0.2, 0.25) is 5.91 Å². The largest absolute Gasteiger partial charge is 0.378 e. The average Bonchev–Trinajstić information content (AvgIpc) is 2.93. The Morgan fingerprint density at radius 2 is 1.75 bits per heavy atom. The maximum atomic E-state index is 12.2. The molecule has 0 aromatic heterocycles. The topological polar surface area (TPSA) is 38.3 Å². The molecule has 1 aliphatic heterocycles. The Bertz CT molecular complexity index is 347. The summed E-state index contributed by atoms with van der Waals surface area (Å²) >= 11 is 0. The fourth-order valence-electron chi connectivity index (χ4n) is 5.58. The van der Waals surface area contributed by atoms with Crippen molar-refractivity contribution in [2.75, 3.05) is 6.61 Å². The minimum Gasteiger partial charge on any atom is -0.378 e. The van der Waals surface area contributed by atoms with E-state index in [4.69, 9.17) is 4.74 Å². The van der Waals surface area contributed by atoms with E-state index in [1.807, 2.05) is 0 Å². The highest BCUT2D eigenvalue weighted by atomic mass is 16.5. The van der Waals surface area contributed by atoms with Gasteiger partial charge in [0.05, 0.1) is 6.10 Å². The van der Waals surface area contributed by atoms with Crippen molar-refractivity contribution in [3.63, 3.8) is 0 Å². The second kappa shape index (κ2) is 5.32. The van der Waals surface area contributed by atoms with Crippen LogP contribution in [-0.2, 0) is 9.53 Å². The van der Waals surface area contributed by atoms with Crippen molar-refractivity contribution in [1.29, 1.82) is 0 Å². The molecule has 0 spiro atoms. The van der Waals surface area contributed by atoms with E-state index in [1.54, 1.807) is 0 Å². The van der Waals surface area contributed by atoms with E-state index >= 15 is 0 Å². The lowest BCUT2D eigenvalue weighted by atomic mass is 9.54. The molecule has 0 aromatic carbocycles. The van der Waals surface area contributed by atoms with E-state index in [1.165, 1.54) is 38.5 Å². The molecule has 0 aromatic rings. The minimum absolute atomic E-state index is 0.276. The number of hydrogen-bond donors (Lipinski definition) is 1. The normalized spacial score (nSPS) is 45.8. The van der Waals surface area contributed by atoms with Crippen molar-refractivity contribution in [3.8, 4) is 0 Å². The van der Waals surface area contributed by atoms with E-state index in [0.29, 0.717) is 18.6 Å². The van der Waals surface area contributed by atoms with E-state index < -0.39 is 0 Å². The molecule has 1 N–H and O–H groups in total. The van der Waals surface area contributed by atoms with Crippen molar-refractivity contribution in [3.05, 3.63) is 0 Å². The van der Waals surface area contributed by atoms with Crippen LogP contribution in [0.2, 0.25) is 0 Å². The van der Waals surface area contributed by atoms with Crippen molar-refractivity contribution in [1.82, 2.24) is 5.32 Å². The summed E-state index contributed by atoms with van der Waals surface area (Å²) in [5, 5.41) is 3.39. The summed E-state index contributed by atoms with van der Waals surface area (Å²) < 4.78 is 5.61. The first-order valence-corrected chi connectivity index (χ1v) is 8.69. The molecule has 5 rings (SSSR count). The predicted octanol–water partition coefficient (Wildman–Crippen LogP) is 2.89. The van der Waals surface area contributed by atoms with Crippen LogP contribution in [0.25, 0.3) is 0 Å². The van der Waals surface area contributed by atoms with Crippen LogP contribution >= 0.6 is 0 Å². The molecule has 1 saturated heterocycles. The Hall–Kier alpha value is -0.570. The van der Waals surface area contributed by atoms with Crippen LogP contribution in [0.1, 0.15) is 57.8 Å². The summed E-state index contributed by atoms with van der Waals surface area (Å²) in [4.78, 5) is 12.2. The monoisotopic (exact) mass is 277 g/mol. The highest BCUT2D eigenvalue weighted by molar-refractivity contribution is 5.76. The summed E-state index contributed by atoms with van der Waals surface area (Å²) in [7, 11) is 0. The van der Waals surface area contributed by atoms with Crippen LogP contribution in [0.15, 0.2) is 0 Å². The quantitative estimate of drug-likeness (QED) is 0.858. The molecule has 5 fully saturated rings. The minimum atomic E-state index is 0.276. The van der Waals surface area contributed by atoms with Gasteiger partial charge in [-0.3, -0.25) is 4.79 Å². The van der Waals surface area contributed by atoms with E-state index in [2.05, 4.69) is 5.32 Å². The Labute approximate surface area is 121 Å². The highest BCUT2D eigenvalue weighted by Gasteiger charge is 2.48. The SMILES string of the molecule is O=C(CC[C@@H]1CCCO1)NC1C2CC3CC(C2)CC1C3. The fourth-order valence-corrected chi connectivity index (χ4v) is 5.58. The van der Waals surface area contributed by atoms with Crippen molar-refractivity contribution >= 4 is 5.91 Å². The van der Waals surface area contributed by atoms with Gasteiger partial charge in [-0.15, -0.1) is 0 Å². The van der Waals surface area contributed by atoms with Crippen LogP contribution in [-0.4, -0.2) is 24.7 Å². The summed E-state index contributed by atoms with van der Waals surface area (Å²) in [6, 6.07) is 0.500. The van der Waals surface area contributed by atoms with Crippen molar-refractivity contribution < 1.29 is 9.53 Å². The highest BCUT2D eigenvalue weighted by Crippen LogP contribution is 2.53. The molecule has 4 saturated carbocycles. The molecule has 112 valence electrons. The molecule has 3 heteroatoms. The van der Waals surface area contributed by atoms with E-state index in [9.17, 15) is 4.79 Å². The maximum Gasteiger partial charge on any atom is 0.220 e. The van der Waals surface area contributed by atoms with Gasteiger partial charge in [-0.2, -0.15) is 0 Å². The van der Waals surface area contributed by atoms with Crippen LogP contribution in [0.3, 0.4) is 0 Å². The summed E-state index contributed by atoms with van der Waals surface area (Å²) in [6.07, 6.45) is 11.2. The molecule has 5 aliphatic rings. The second-order valence-electron chi connectivity index (χ2n) is 7.70. The number of rotatable bonds is 4. The van der Waals surface area contributed by atoms with Crippen LogP contribution < -0.4 is 5.32 Å². The van der Waals surface area contributed by atoms with Gasteiger partial charge in [0, 0.05) is 19.1 Å². The molecule has 1 heterocycles. The zero-order chi connectivity index (χ0) is 13.5. The number of amides is 1. The molecule has 4 aliphatic carbocycles. The molecule has 3 nitrogen and oxygen atoms in total. The first-order valence-electron chi connectivity index (χ1n) is 8.69. The molecule has 1 amide bonds. The molecule has 1 atom stereocenters. The van der Waals surface area contributed by atoms with Gasteiger partial charge in [0.15, 0.2) is 0 Å². The van der Waals surface area contributed by atoms with E-state index in [0.717, 1.165) is 43.1 Å². The molecular weight excluding hydrogens is 250 g/mol. The lowest BCUT2D eigenvalue weighted by Crippen LogP contribution is -2.55. The van der Waals surface area contributed by atoms with Crippen molar-refractivity contribution in [2.24, 2.45) is 23.7 Å². The Morgan fingerprint density at radius 1 is 1.05 bits per heavy atom. The first-order chi connectivity index (χ1) is 9.78. The van der Waals surface area contributed by atoms with Gasteiger partial charge in [0.1, 0.15) is 0 Å². The third-order valence-electron chi connectivity index (χ3n) is 6.27. The predicted molar refractivity (Wildman–Crippen MR) is 77.2 cm³/mol. The molecule has 4 bridgehead atoms. The lowest BCUT2D eigenvalue weighted by Gasteiger charge is -2.54. The van der Waals surface area contributed by atoms with Gasteiger partial charge >= 0.3 is 0 Å². The smallest absolute Gasteiger partial charge is 0.220 e. The van der Waals surface area contributed by atoms with Crippen LogP contribution in [0.5, 0.6) is 0 Å². The molecule has 20 heavy (non-hydrogen) atoms. The number of carbonyl (C=O) groups excluding carboxylic acids is 1. The number of hydrogen-bond acceptors (Lipinski definition) is 2. The Balaban J connectivity index is 1.29. The van der Waals surface area contributed by atoms with Crippen LogP contribution in [0, 0.1) is 23.7 Å². The summed E-state index contributed by atoms with van der Waals surface area (Å²) in [5.41, 5.74) is 0. The average molecular weight is 277 g/mol. The third-order valence-corrected chi connectivity index (χ3v) is 6.27. The van der Waals surface area contributed by atoms with Gasteiger partial charge in [-0.1, -0.05) is 0 Å². The van der Waals surface area contributed by atoms with Crippen LogP contribution in [0.4, 0.5) is 0 Å². The van der Waals surface area contributed by atoms with Gasteiger partial charge < -0.3 is 10.1 Å². The lowest BCUT2D eigenvalue weighted by molar-refractivity contribution is -0.125. The fraction of sp³-hybridized carbons (Fsp3) is 0.941. The number of nitrogens with one attached hydrogen (secondary N) is 1. The Kier molecular flexibility index (Phi) is 3.49.